The first kappa shape index (κ1) is 10.5. The molecule has 1 aromatic rings. The molecule has 0 aromatic heterocycles. The van der Waals surface area contributed by atoms with E-state index in [-0.39, 0.29) is 11.2 Å². The highest BCUT2D eigenvalue weighted by Gasteiger charge is 2.28. The first-order chi connectivity index (χ1) is 6.50. The number of halogens is 2. The molecule has 0 atom stereocenters. The van der Waals surface area contributed by atoms with E-state index in [1.54, 1.807) is 17.8 Å². The van der Waals surface area contributed by atoms with Crippen molar-refractivity contribution in [3.05, 3.63) is 28.0 Å². The lowest BCUT2D eigenvalue weighted by Crippen LogP contribution is -2.22. The summed E-state index contributed by atoms with van der Waals surface area (Å²) in [5, 5.41) is 0. The predicted octanol–water partition coefficient (Wildman–Crippen LogP) is 4.36. The number of hydrogen-bond acceptors (Lipinski definition) is 1. The summed E-state index contributed by atoms with van der Waals surface area (Å²) in [5.41, 5.74) is 1.44. The van der Waals surface area contributed by atoms with Gasteiger partial charge in [-0.3, -0.25) is 0 Å². The molecule has 1 aliphatic heterocycles. The zero-order valence-corrected chi connectivity index (χ0v) is 10.6. The number of benzene rings is 1. The van der Waals surface area contributed by atoms with Gasteiger partial charge in [-0.1, -0.05) is 13.8 Å². The lowest BCUT2D eigenvalue weighted by atomic mass is 9.82. The van der Waals surface area contributed by atoms with Gasteiger partial charge in [0, 0.05) is 4.90 Å². The van der Waals surface area contributed by atoms with Gasteiger partial charge in [0.1, 0.15) is 5.82 Å². The molecule has 0 N–H and O–H groups in total. The number of hydrogen-bond donors (Lipinski definition) is 0. The Labute approximate surface area is 96.4 Å². The van der Waals surface area contributed by atoms with Gasteiger partial charge in [-0.2, -0.15) is 0 Å². The molecule has 1 heterocycles. The molecule has 0 saturated heterocycles. The van der Waals surface area contributed by atoms with Gasteiger partial charge >= 0.3 is 0 Å². The maximum Gasteiger partial charge on any atom is 0.138 e. The predicted molar refractivity (Wildman–Crippen MR) is 62.5 cm³/mol. The van der Waals surface area contributed by atoms with Crippen molar-refractivity contribution in [2.75, 3.05) is 5.75 Å². The van der Waals surface area contributed by atoms with Crippen LogP contribution in [0.5, 0.6) is 0 Å². The second kappa shape index (κ2) is 3.53. The molecule has 1 aliphatic rings. The zero-order valence-electron chi connectivity index (χ0n) is 8.23. The lowest BCUT2D eigenvalue weighted by molar-refractivity contribution is 0.490. The summed E-state index contributed by atoms with van der Waals surface area (Å²) in [5.74, 6) is 0.926. The Morgan fingerprint density at radius 1 is 1.43 bits per heavy atom. The highest BCUT2D eigenvalue weighted by Crippen LogP contribution is 2.43. The van der Waals surface area contributed by atoms with E-state index in [1.807, 2.05) is 6.07 Å². The first-order valence-corrected chi connectivity index (χ1v) is 6.41. The molecule has 0 aliphatic carbocycles. The Balaban J connectivity index is 2.59. The standard InChI is InChI=1S/C11H12BrFS/c1-11(2)3-4-14-10-6-9(13)8(12)5-7(10)11/h5-6H,3-4H2,1-2H3. The second-order valence-corrected chi connectivity index (χ2v) is 6.24. The highest BCUT2D eigenvalue weighted by molar-refractivity contribution is 9.10. The Kier molecular flexibility index (Phi) is 2.64. The van der Waals surface area contributed by atoms with Crippen molar-refractivity contribution in [3.8, 4) is 0 Å². The summed E-state index contributed by atoms with van der Waals surface area (Å²) in [6.07, 6.45) is 1.16. The van der Waals surface area contributed by atoms with Crippen molar-refractivity contribution in [2.24, 2.45) is 0 Å². The zero-order chi connectivity index (χ0) is 10.3. The van der Waals surface area contributed by atoms with Crippen LogP contribution in [0.4, 0.5) is 4.39 Å². The van der Waals surface area contributed by atoms with Gasteiger partial charge in [-0.15, -0.1) is 11.8 Å². The van der Waals surface area contributed by atoms with Crippen molar-refractivity contribution >= 4 is 27.7 Å². The van der Waals surface area contributed by atoms with Crippen LogP contribution in [0.3, 0.4) is 0 Å². The van der Waals surface area contributed by atoms with Gasteiger partial charge < -0.3 is 0 Å². The van der Waals surface area contributed by atoms with E-state index in [0.717, 1.165) is 17.1 Å². The van der Waals surface area contributed by atoms with Crippen LogP contribution in [-0.4, -0.2) is 5.75 Å². The third-order valence-electron chi connectivity index (χ3n) is 2.74. The normalized spacial score (nSPS) is 19.1. The molecule has 14 heavy (non-hydrogen) atoms. The molecule has 0 amide bonds. The summed E-state index contributed by atoms with van der Waals surface area (Å²) in [7, 11) is 0. The largest absolute Gasteiger partial charge is 0.206 e. The summed E-state index contributed by atoms with van der Waals surface area (Å²) < 4.78 is 13.9. The number of thioether (sulfide) groups is 1. The van der Waals surface area contributed by atoms with Gasteiger partial charge in [-0.05, 0) is 51.2 Å². The van der Waals surface area contributed by atoms with Gasteiger partial charge in [0.15, 0.2) is 0 Å². The molecule has 0 saturated carbocycles. The van der Waals surface area contributed by atoms with Crippen LogP contribution in [0.15, 0.2) is 21.5 Å². The molecule has 0 nitrogen and oxygen atoms in total. The van der Waals surface area contributed by atoms with Crippen LogP contribution in [-0.2, 0) is 5.41 Å². The Morgan fingerprint density at radius 3 is 2.86 bits per heavy atom. The maximum absolute atomic E-state index is 13.3. The quantitative estimate of drug-likeness (QED) is 0.677. The van der Waals surface area contributed by atoms with Crippen molar-refractivity contribution < 1.29 is 4.39 Å². The number of fused-ring (bicyclic) bond motifs is 1. The summed E-state index contributed by atoms with van der Waals surface area (Å²) in [6, 6.07) is 3.57. The first-order valence-electron chi connectivity index (χ1n) is 4.63. The maximum atomic E-state index is 13.3. The van der Waals surface area contributed by atoms with Gasteiger partial charge in [-0.25, -0.2) is 4.39 Å². The van der Waals surface area contributed by atoms with E-state index in [4.69, 9.17) is 0 Å². The summed E-state index contributed by atoms with van der Waals surface area (Å²) in [4.78, 5) is 1.10. The van der Waals surface area contributed by atoms with Crippen LogP contribution >= 0.6 is 27.7 Å². The van der Waals surface area contributed by atoms with E-state index in [1.165, 1.54) is 5.56 Å². The fourth-order valence-corrected chi connectivity index (χ4v) is 3.58. The minimum atomic E-state index is -0.158. The Hall–Kier alpha value is -0.0200. The van der Waals surface area contributed by atoms with Crippen LogP contribution in [0.1, 0.15) is 25.8 Å². The lowest BCUT2D eigenvalue weighted by Gasteiger charge is -2.32. The topological polar surface area (TPSA) is 0 Å². The molecule has 0 radical (unpaired) electrons. The average molecular weight is 275 g/mol. The molecule has 0 unspecified atom stereocenters. The van der Waals surface area contributed by atoms with Gasteiger partial charge in [0.2, 0.25) is 0 Å². The smallest absolute Gasteiger partial charge is 0.138 e. The van der Waals surface area contributed by atoms with Crippen molar-refractivity contribution in [3.63, 3.8) is 0 Å². The third kappa shape index (κ3) is 1.72. The molecular weight excluding hydrogens is 263 g/mol. The van der Waals surface area contributed by atoms with E-state index in [0.29, 0.717) is 4.47 Å². The Morgan fingerprint density at radius 2 is 2.14 bits per heavy atom. The van der Waals surface area contributed by atoms with E-state index < -0.39 is 0 Å². The molecule has 0 spiro atoms. The van der Waals surface area contributed by atoms with Crippen LogP contribution in [0.2, 0.25) is 0 Å². The van der Waals surface area contributed by atoms with Crippen LogP contribution in [0.25, 0.3) is 0 Å². The van der Waals surface area contributed by atoms with Crippen molar-refractivity contribution in [1.29, 1.82) is 0 Å². The minimum absolute atomic E-state index is 0.158. The second-order valence-electron chi connectivity index (χ2n) is 4.24. The minimum Gasteiger partial charge on any atom is -0.206 e. The molecule has 0 fully saturated rings. The summed E-state index contributed by atoms with van der Waals surface area (Å²) in [6.45, 7) is 4.44. The Bertz CT molecular complexity index is 374. The van der Waals surface area contributed by atoms with E-state index in [9.17, 15) is 4.39 Å². The fourth-order valence-electron chi connectivity index (χ4n) is 1.73. The van der Waals surface area contributed by atoms with Crippen molar-refractivity contribution in [1.82, 2.24) is 0 Å². The van der Waals surface area contributed by atoms with Crippen LogP contribution in [0, 0.1) is 5.82 Å². The average Bonchev–Trinajstić information content (AvgIpc) is 2.08. The third-order valence-corrected chi connectivity index (χ3v) is 4.40. The van der Waals surface area contributed by atoms with Gasteiger partial charge in [0.05, 0.1) is 4.47 Å². The fraction of sp³-hybridized carbons (Fsp3) is 0.455. The van der Waals surface area contributed by atoms with Gasteiger partial charge in [0.25, 0.3) is 0 Å². The summed E-state index contributed by atoms with van der Waals surface area (Å²) >= 11 is 4.99. The molecule has 0 bridgehead atoms. The molecule has 3 heteroatoms. The monoisotopic (exact) mass is 274 g/mol. The molecule has 2 rings (SSSR count). The highest BCUT2D eigenvalue weighted by atomic mass is 79.9. The van der Waals surface area contributed by atoms with E-state index >= 15 is 0 Å². The molecule has 1 aromatic carbocycles. The van der Waals surface area contributed by atoms with Crippen molar-refractivity contribution in [2.45, 2.75) is 30.6 Å². The SMILES string of the molecule is CC1(C)CCSc2cc(F)c(Br)cc21. The van der Waals surface area contributed by atoms with E-state index in [2.05, 4.69) is 29.8 Å². The molecular formula is C11H12BrFS. The molecule has 76 valence electrons. The van der Waals surface area contributed by atoms with Crippen LogP contribution < -0.4 is 0 Å². The number of rotatable bonds is 0.